The predicted molar refractivity (Wildman–Crippen MR) is 97.2 cm³/mol. The highest BCUT2D eigenvalue weighted by molar-refractivity contribution is 5.68. The number of hydrogen-bond donors (Lipinski definition) is 0. The van der Waals surface area contributed by atoms with Gasteiger partial charge in [-0.25, -0.2) is 0 Å². The van der Waals surface area contributed by atoms with Gasteiger partial charge in [-0.1, -0.05) is 0 Å². The number of rotatable bonds is 4. The number of fused-ring (bicyclic) bond motifs is 3. The topological polar surface area (TPSA) is 58.9 Å². The number of hydrogen-bond acceptors (Lipinski definition) is 5. The van der Waals surface area contributed by atoms with E-state index in [9.17, 15) is 4.79 Å². The van der Waals surface area contributed by atoms with Crippen LogP contribution in [0.3, 0.4) is 0 Å². The van der Waals surface area contributed by atoms with E-state index in [0.29, 0.717) is 32.2 Å². The molecule has 0 aliphatic carbocycles. The van der Waals surface area contributed by atoms with Crippen LogP contribution < -0.4 is 15.0 Å². The van der Waals surface area contributed by atoms with E-state index >= 15 is 0 Å². The zero-order valence-electron chi connectivity index (χ0n) is 15.1. The zero-order valence-corrected chi connectivity index (χ0v) is 15.1. The van der Waals surface area contributed by atoms with E-state index in [1.807, 2.05) is 28.8 Å². The second kappa shape index (κ2) is 7.13. The van der Waals surface area contributed by atoms with Crippen molar-refractivity contribution in [2.45, 2.75) is 25.5 Å². The first-order chi connectivity index (χ1) is 12.7. The zero-order chi connectivity index (χ0) is 18.1. The van der Waals surface area contributed by atoms with Gasteiger partial charge in [0.05, 0.1) is 32.6 Å². The van der Waals surface area contributed by atoms with E-state index in [4.69, 9.17) is 18.9 Å². The summed E-state index contributed by atoms with van der Waals surface area (Å²) in [6.45, 7) is 4.14. The normalized spacial score (nSPS) is 21.6. The van der Waals surface area contributed by atoms with Crippen LogP contribution in [-0.2, 0) is 15.9 Å². The fourth-order valence-corrected chi connectivity index (χ4v) is 3.65. The second-order valence-corrected chi connectivity index (χ2v) is 6.74. The van der Waals surface area contributed by atoms with Crippen LogP contribution in [0.1, 0.15) is 18.5 Å². The Morgan fingerprint density at radius 3 is 2.85 bits per heavy atom. The molecule has 0 spiro atoms. The summed E-state index contributed by atoms with van der Waals surface area (Å²) >= 11 is 0. The minimum Gasteiger partial charge on any atom is -0.497 e. The lowest BCUT2D eigenvalue weighted by atomic mass is 9.93. The summed E-state index contributed by atoms with van der Waals surface area (Å²) in [7, 11) is 1.66. The van der Waals surface area contributed by atoms with Gasteiger partial charge in [0.25, 0.3) is 5.56 Å². The maximum Gasteiger partial charge on any atom is 0.254 e. The van der Waals surface area contributed by atoms with E-state index in [0.717, 1.165) is 23.4 Å². The van der Waals surface area contributed by atoms with E-state index in [1.165, 1.54) is 5.56 Å². The maximum atomic E-state index is 12.7. The number of benzene rings is 1. The lowest BCUT2D eigenvalue weighted by molar-refractivity contribution is -0.101. The highest BCUT2D eigenvalue weighted by Crippen LogP contribution is 2.36. The fraction of sp³-hybridized carbons (Fsp3) is 0.450. The summed E-state index contributed by atoms with van der Waals surface area (Å²) in [6, 6.07) is 9.55. The summed E-state index contributed by atoms with van der Waals surface area (Å²) in [5, 5.41) is 0. The molecule has 2 aliphatic heterocycles. The Hall–Kier alpha value is -2.31. The third-order valence-electron chi connectivity index (χ3n) is 4.91. The monoisotopic (exact) mass is 357 g/mol. The largest absolute Gasteiger partial charge is 0.497 e. The van der Waals surface area contributed by atoms with Crippen molar-refractivity contribution >= 4 is 0 Å². The lowest BCUT2D eigenvalue weighted by Crippen LogP contribution is -2.34. The molecule has 3 heterocycles. The number of pyridine rings is 1. The Bertz CT molecular complexity index is 854. The van der Waals surface area contributed by atoms with Crippen molar-refractivity contribution in [1.29, 1.82) is 0 Å². The molecule has 1 unspecified atom stereocenters. The van der Waals surface area contributed by atoms with Gasteiger partial charge in [-0.3, -0.25) is 4.79 Å². The van der Waals surface area contributed by atoms with Crippen molar-refractivity contribution in [2.75, 3.05) is 33.5 Å². The molecule has 1 aromatic carbocycles. The van der Waals surface area contributed by atoms with Gasteiger partial charge >= 0.3 is 0 Å². The van der Waals surface area contributed by atoms with Crippen molar-refractivity contribution in [2.24, 2.45) is 0 Å². The summed E-state index contributed by atoms with van der Waals surface area (Å²) in [4.78, 5) is 12.7. The van der Waals surface area contributed by atoms with Crippen LogP contribution in [0.25, 0.3) is 11.3 Å². The van der Waals surface area contributed by atoms with E-state index in [1.54, 1.807) is 13.2 Å². The molecule has 0 saturated carbocycles. The molecule has 1 saturated heterocycles. The molecule has 1 fully saturated rings. The first-order valence-electron chi connectivity index (χ1n) is 8.91. The summed E-state index contributed by atoms with van der Waals surface area (Å²) in [5.41, 5.74) is 3.05. The molecule has 0 amide bonds. The van der Waals surface area contributed by atoms with Gasteiger partial charge in [0.2, 0.25) is 0 Å². The van der Waals surface area contributed by atoms with Crippen LogP contribution in [0.15, 0.2) is 35.1 Å². The molecule has 0 N–H and O–H groups in total. The van der Waals surface area contributed by atoms with Crippen LogP contribution in [0.5, 0.6) is 11.5 Å². The lowest BCUT2D eigenvalue weighted by Gasteiger charge is -2.28. The fourth-order valence-electron chi connectivity index (χ4n) is 3.65. The molecule has 2 atom stereocenters. The third kappa shape index (κ3) is 3.22. The average Bonchev–Trinajstić information content (AvgIpc) is 2.66. The standard InChI is InChI=1S/C20H23NO5/c1-13-7-14-8-15(23-2)3-4-18(14)19-9-16(10-20(22)21(13)19)26-12-17-11-24-5-6-25-17/h3-4,8-10,13,17H,5-7,11-12H2,1-2H3/t13?,17-/m0/s1. The number of methoxy groups -OCH3 is 1. The van der Waals surface area contributed by atoms with E-state index in [2.05, 4.69) is 6.92 Å². The Labute approximate surface area is 152 Å². The molecule has 138 valence electrons. The Kier molecular flexibility index (Phi) is 4.70. The molecule has 26 heavy (non-hydrogen) atoms. The number of ether oxygens (including phenoxy) is 4. The first-order valence-corrected chi connectivity index (χ1v) is 8.91. The van der Waals surface area contributed by atoms with Crippen LogP contribution in [0.2, 0.25) is 0 Å². The average molecular weight is 357 g/mol. The second-order valence-electron chi connectivity index (χ2n) is 6.74. The molecule has 2 aromatic rings. The van der Waals surface area contributed by atoms with Crippen LogP contribution in [0.4, 0.5) is 0 Å². The van der Waals surface area contributed by atoms with Gasteiger partial charge in [0.1, 0.15) is 24.2 Å². The Balaban J connectivity index is 1.66. The maximum absolute atomic E-state index is 12.7. The third-order valence-corrected chi connectivity index (χ3v) is 4.91. The van der Waals surface area contributed by atoms with Crippen molar-refractivity contribution < 1.29 is 18.9 Å². The molecular formula is C20H23NO5. The SMILES string of the molecule is COc1ccc2c(c1)CC(C)n1c-2cc(OC[C@@H]2COCCO2)cc1=O. The van der Waals surface area contributed by atoms with E-state index < -0.39 is 0 Å². The smallest absolute Gasteiger partial charge is 0.254 e. The highest BCUT2D eigenvalue weighted by atomic mass is 16.6. The molecule has 0 radical (unpaired) electrons. The van der Waals surface area contributed by atoms with Gasteiger partial charge in [-0.05, 0) is 37.1 Å². The highest BCUT2D eigenvalue weighted by Gasteiger charge is 2.24. The number of aromatic nitrogens is 1. The van der Waals surface area contributed by atoms with Crippen molar-refractivity contribution in [1.82, 2.24) is 4.57 Å². The first kappa shape index (κ1) is 17.1. The minimum absolute atomic E-state index is 0.0488. The minimum atomic E-state index is -0.0991. The van der Waals surface area contributed by atoms with Gasteiger partial charge in [-0.15, -0.1) is 0 Å². The predicted octanol–water partition coefficient (Wildman–Crippen LogP) is 2.44. The molecule has 6 heteroatoms. The van der Waals surface area contributed by atoms with Crippen molar-refractivity contribution in [3.63, 3.8) is 0 Å². The molecular weight excluding hydrogens is 334 g/mol. The van der Waals surface area contributed by atoms with Gasteiger partial charge in [0, 0.05) is 23.7 Å². The van der Waals surface area contributed by atoms with Crippen LogP contribution in [-0.4, -0.2) is 44.2 Å². The molecule has 0 bridgehead atoms. The molecule has 1 aromatic heterocycles. The Morgan fingerprint density at radius 1 is 1.19 bits per heavy atom. The van der Waals surface area contributed by atoms with Gasteiger partial charge < -0.3 is 23.5 Å². The molecule has 4 rings (SSSR count). The summed E-state index contributed by atoms with van der Waals surface area (Å²) < 4.78 is 24.0. The van der Waals surface area contributed by atoms with E-state index in [-0.39, 0.29) is 17.7 Å². The van der Waals surface area contributed by atoms with Gasteiger partial charge in [0.15, 0.2) is 0 Å². The van der Waals surface area contributed by atoms with Crippen LogP contribution in [0, 0.1) is 0 Å². The quantitative estimate of drug-likeness (QED) is 0.841. The van der Waals surface area contributed by atoms with Crippen molar-refractivity contribution in [3.8, 4) is 22.8 Å². The molecule has 2 aliphatic rings. The van der Waals surface area contributed by atoms with Crippen molar-refractivity contribution in [3.05, 3.63) is 46.2 Å². The summed E-state index contributed by atoms with van der Waals surface area (Å²) in [6.07, 6.45) is 0.699. The Morgan fingerprint density at radius 2 is 2.08 bits per heavy atom. The number of nitrogens with zero attached hydrogens (tertiary/aromatic N) is 1. The molecule has 6 nitrogen and oxygen atoms in total. The van der Waals surface area contributed by atoms with Gasteiger partial charge in [-0.2, -0.15) is 0 Å². The van der Waals surface area contributed by atoms with Crippen LogP contribution >= 0.6 is 0 Å². The summed E-state index contributed by atoms with van der Waals surface area (Å²) in [5.74, 6) is 1.39.